The van der Waals surface area contributed by atoms with Crippen LogP contribution in [0.2, 0.25) is 0 Å². The van der Waals surface area contributed by atoms with Gasteiger partial charge in [-0.2, -0.15) is 0 Å². The molecule has 2 unspecified atom stereocenters. The van der Waals surface area contributed by atoms with Crippen LogP contribution in [0.1, 0.15) is 90.9 Å². The Hall–Kier alpha value is -0.160. The normalized spacial score (nSPS) is 15.7. The van der Waals surface area contributed by atoms with Gasteiger partial charge in [0.25, 0.3) is 0 Å². The van der Waals surface area contributed by atoms with Gasteiger partial charge in [-0.05, 0) is 26.2 Å². The van der Waals surface area contributed by atoms with Crippen LogP contribution < -0.4 is 5.48 Å². The molecule has 0 rings (SSSR count). The molecule has 22 heavy (non-hydrogen) atoms. The first-order valence-electron chi connectivity index (χ1n) is 9.51. The van der Waals surface area contributed by atoms with Crippen molar-refractivity contribution in [2.75, 3.05) is 20.1 Å². The highest BCUT2D eigenvalue weighted by molar-refractivity contribution is 4.63. The van der Waals surface area contributed by atoms with Crippen LogP contribution in [0.3, 0.4) is 0 Å². The van der Waals surface area contributed by atoms with Gasteiger partial charge in [0.15, 0.2) is 0 Å². The molecular weight excluding hydrogens is 276 g/mol. The predicted octanol–water partition coefficient (Wildman–Crippen LogP) is 5.00. The summed E-state index contributed by atoms with van der Waals surface area (Å²) in [6.07, 6.45) is 14.7. The van der Waals surface area contributed by atoms with Crippen molar-refractivity contribution in [3.8, 4) is 0 Å². The molecule has 0 heterocycles. The smallest absolute Gasteiger partial charge is 0.0782 e. The largest absolute Gasteiger partial charge is 0.633 e. The number of hydrogen-bond acceptors (Lipinski definition) is 3. The van der Waals surface area contributed by atoms with Crippen LogP contribution in [0.25, 0.3) is 0 Å². The van der Waals surface area contributed by atoms with E-state index >= 15 is 0 Å². The van der Waals surface area contributed by atoms with Crippen molar-refractivity contribution in [1.29, 1.82) is 0 Å². The van der Waals surface area contributed by atoms with E-state index < -0.39 is 0 Å². The summed E-state index contributed by atoms with van der Waals surface area (Å²) in [4.78, 5) is 0. The monoisotopic (exact) mass is 316 g/mol. The summed E-state index contributed by atoms with van der Waals surface area (Å²) in [6.45, 7) is 5.45. The summed E-state index contributed by atoms with van der Waals surface area (Å²) in [5.41, 5.74) is 2.42. The zero-order chi connectivity index (χ0) is 16.7. The van der Waals surface area contributed by atoms with E-state index in [1.807, 2.05) is 6.92 Å². The summed E-state index contributed by atoms with van der Waals surface area (Å²) in [5, 5.41) is 21.0. The lowest BCUT2D eigenvalue weighted by Gasteiger charge is -2.37. The number of unbranched alkanes of at least 4 members (excludes halogenated alkanes) is 8. The van der Waals surface area contributed by atoms with Gasteiger partial charge in [-0.3, -0.25) is 0 Å². The van der Waals surface area contributed by atoms with E-state index in [2.05, 4.69) is 12.4 Å². The van der Waals surface area contributed by atoms with Crippen molar-refractivity contribution in [3.63, 3.8) is 0 Å². The Kier molecular flexibility index (Phi) is 14.3. The average Bonchev–Trinajstić information content (AvgIpc) is 2.51. The van der Waals surface area contributed by atoms with E-state index in [-0.39, 0.29) is 10.7 Å². The Bertz CT molecular complexity index is 235. The molecule has 0 aromatic rings. The number of quaternary nitrogens is 1. The third-order valence-corrected chi connectivity index (χ3v) is 4.69. The Labute approximate surface area is 138 Å². The highest BCUT2D eigenvalue weighted by Crippen LogP contribution is 2.13. The van der Waals surface area contributed by atoms with Crippen LogP contribution in [0, 0.1) is 5.21 Å². The second kappa shape index (κ2) is 14.4. The highest BCUT2D eigenvalue weighted by Gasteiger charge is 2.11. The van der Waals surface area contributed by atoms with Gasteiger partial charge in [0.2, 0.25) is 0 Å². The van der Waals surface area contributed by atoms with Crippen LogP contribution in [0.15, 0.2) is 0 Å². The number of hydrogen-bond donors (Lipinski definition) is 2. The molecule has 134 valence electrons. The lowest BCUT2D eigenvalue weighted by atomic mass is 10.0. The third kappa shape index (κ3) is 13.5. The van der Waals surface area contributed by atoms with Crippen molar-refractivity contribution in [2.24, 2.45) is 0 Å². The molecule has 0 aliphatic rings. The average molecular weight is 317 g/mol. The minimum Gasteiger partial charge on any atom is -0.633 e. The molecule has 0 aliphatic heterocycles. The van der Waals surface area contributed by atoms with Crippen molar-refractivity contribution in [2.45, 2.75) is 96.9 Å². The van der Waals surface area contributed by atoms with Crippen LogP contribution >= 0.6 is 0 Å². The maximum absolute atomic E-state index is 11.8. The SMILES string of the molecule is CCCCCCCCCCCC(CCC[N+](C)([O-])CC)NO. The van der Waals surface area contributed by atoms with Gasteiger partial charge in [-0.15, -0.1) is 0 Å². The molecule has 0 aromatic carbocycles. The molecule has 0 amide bonds. The van der Waals surface area contributed by atoms with Crippen LogP contribution in [-0.2, 0) is 0 Å². The van der Waals surface area contributed by atoms with Crippen molar-refractivity contribution >= 4 is 0 Å². The molecule has 2 atom stereocenters. The molecule has 0 fully saturated rings. The second-order valence-electron chi connectivity index (χ2n) is 6.92. The number of nitrogens with zero attached hydrogens (tertiary/aromatic N) is 1. The summed E-state index contributed by atoms with van der Waals surface area (Å²) in [5.74, 6) is 0. The molecule has 4 nitrogen and oxygen atoms in total. The minimum absolute atomic E-state index is 0.154. The summed E-state index contributed by atoms with van der Waals surface area (Å²) >= 11 is 0. The van der Waals surface area contributed by atoms with E-state index in [4.69, 9.17) is 0 Å². The summed E-state index contributed by atoms with van der Waals surface area (Å²) in [7, 11) is 1.72. The van der Waals surface area contributed by atoms with Crippen LogP contribution in [0.4, 0.5) is 0 Å². The number of nitrogens with one attached hydrogen (secondary N) is 1. The maximum atomic E-state index is 11.8. The number of hydroxylamine groups is 4. The molecule has 0 bridgehead atoms. The van der Waals surface area contributed by atoms with E-state index in [1.165, 1.54) is 57.8 Å². The van der Waals surface area contributed by atoms with Crippen molar-refractivity contribution < 1.29 is 9.85 Å². The second-order valence-corrected chi connectivity index (χ2v) is 6.92. The molecule has 4 heteroatoms. The first kappa shape index (κ1) is 21.8. The van der Waals surface area contributed by atoms with Gasteiger partial charge in [0.1, 0.15) is 0 Å². The fourth-order valence-electron chi connectivity index (χ4n) is 2.81. The van der Waals surface area contributed by atoms with E-state index in [0.29, 0.717) is 13.1 Å². The van der Waals surface area contributed by atoms with Gasteiger partial charge >= 0.3 is 0 Å². The quantitative estimate of drug-likeness (QED) is 0.239. The minimum atomic E-state index is -0.170. The first-order valence-corrected chi connectivity index (χ1v) is 9.51. The summed E-state index contributed by atoms with van der Waals surface area (Å²) in [6, 6.07) is 0.154. The molecule has 2 N–H and O–H groups in total. The molecule has 0 saturated heterocycles. The van der Waals surface area contributed by atoms with Gasteiger partial charge in [-0.25, -0.2) is 5.48 Å². The zero-order valence-corrected chi connectivity index (χ0v) is 15.3. The molecule has 0 radical (unpaired) electrons. The Morgan fingerprint density at radius 1 is 0.864 bits per heavy atom. The lowest BCUT2D eigenvalue weighted by Crippen LogP contribution is -2.38. The predicted molar refractivity (Wildman–Crippen MR) is 94.7 cm³/mol. The Morgan fingerprint density at radius 3 is 1.86 bits per heavy atom. The highest BCUT2D eigenvalue weighted by atomic mass is 16.5. The lowest BCUT2D eigenvalue weighted by molar-refractivity contribution is -0.859. The van der Waals surface area contributed by atoms with E-state index in [1.54, 1.807) is 7.05 Å². The maximum Gasteiger partial charge on any atom is 0.0782 e. The molecule has 0 spiro atoms. The number of rotatable bonds is 16. The topological polar surface area (TPSA) is 55.3 Å². The van der Waals surface area contributed by atoms with Gasteiger partial charge in [0.05, 0.1) is 20.1 Å². The zero-order valence-electron chi connectivity index (χ0n) is 15.3. The molecule has 0 aliphatic carbocycles. The molecular formula is C18H40N2O2. The van der Waals surface area contributed by atoms with E-state index in [9.17, 15) is 10.4 Å². The standard InChI is InChI=1S/C18H40N2O2/c1-4-6-7-8-9-10-11-12-13-15-18(19-21)16-14-17-20(3,22)5-2/h18-19,21H,4-17H2,1-3H3. The van der Waals surface area contributed by atoms with Crippen LogP contribution in [-0.4, -0.2) is 36.0 Å². The summed E-state index contributed by atoms with van der Waals surface area (Å²) < 4.78 is -0.170. The molecule has 0 saturated carbocycles. The fraction of sp³-hybridized carbons (Fsp3) is 1.00. The Balaban J connectivity index is 3.46. The van der Waals surface area contributed by atoms with Crippen molar-refractivity contribution in [3.05, 3.63) is 5.21 Å². The fourth-order valence-corrected chi connectivity index (χ4v) is 2.81. The molecule has 0 aromatic heterocycles. The van der Waals surface area contributed by atoms with Crippen LogP contribution in [0.5, 0.6) is 0 Å². The third-order valence-electron chi connectivity index (χ3n) is 4.69. The first-order chi connectivity index (χ1) is 10.6. The Morgan fingerprint density at radius 2 is 1.36 bits per heavy atom. The van der Waals surface area contributed by atoms with E-state index in [0.717, 1.165) is 19.3 Å². The van der Waals surface area contributed by atoms with Gasteiger partial charge < -0.3 is 15.1 Å². The van der Waals surface area contributed by atoms with Gasteiger partial charge in [-0.1, -0.05) is 64.7 Å². The van der Waals surface area contributed by atoms with Gasteiger partial charge in [0, 0.05) is 6.04 Å². The van der Waals surface area contributed by atoms with Crippen molar-refractivity contribution in [1.82, 2.24) is 5.48 Å².